The lowest BCUT2D eigenvalue weighted by atomic mass is 10.0. The van der Waals surface area contributed by atoms with Crippen molar-refractivity contribution in [1.29, 1.82) is 0 Å². The van der Waals surface area contributed by atoms with Gasteiger partial charge in [0, 0.05) is 13.0 Å². The topological polar surface area (TPSA) is 66.5 Å². The summed E-state index contributed by atoms with van der Waals surface area (Å²) in [6.45, 7) is 6.12. The number of anilines is 1. The van der Waals surface area contributed by atoms with Gasteiger partial charge in [-0.15, -0.1) is 0 Å². The maximum Gasteiger partial charge on any atom is 0.232 e. The number of amides is 1. The van der Waals surface area contributed by atoms with Crippen molar-refractivity contribution in [3.63, 3.8) is 0 Å². The number of hydrogen-bond donors (Lipinski definition) is 1. The van der Waals surface area contributed by atoms with Gasteiger partial charge in [-0.2, -0.15) is 0 Å². The van der Waals surface area contributed by atoms with Crippen molar-refractivity contribution < 1.29 is 13.2 Å². The summed E-state index contributed by atoms with van der Waals surface area (Å²) in [4.78, 5) is 12.5. The van der Waals surface area contributed by atoms with Crippen LogP contribution < -0.4 is 9.62 Å². The van der Waals surface area contributed by atoms with Crippen LogP contribution in [0.5, 0.6) is 0 Å². The van der Waals surface area contributed by atoms with E-state index in [0.717, 1.165) is 29.5 Å². The molecule has 0 bridgehead atoms. The first-order valence-corrected chi connectivity index (χ1v) is 12.5. The number of benzene rings is 2. The number of fused-ring (bicyclic) bond motifs is 1. The second-order valence-electron chi connectivity index (χ2n) is 8.40. The molecule has 0 aliphatic heterocycles. The Balaban J connectivity index is 1.58. The fraction of sp³-hybridized carbons (Fsp3) is 0.458. The number of rotatable bonds is 8. The molecule has 1 atom stereocenters. The van der Waals surface area contributed by atoms with Gasteiger partial charge in [-0.1, -0.05) is 30.3 Å². The van der Waals surface area contributed by atoms with Crippen molar-refractivity contribution in [3.05, 3.63) is 64.2 Å². The van der Waals surface area contributed by atoms with Crippen molar-refractivity contribution >= 4 is 21.6 Å². The van der Waals surface area contributed by atoms with Gasteiger partial charge in [-0.3, -0.25) is 9.10 Å². The summed E-state index contributed by atoms with van der Waals surface area (Å²) in [7, 11) is -3.43. The molecule has 0 saturated heterocycles. The van der Waals surface area contributed by atoms with E-state index in [1.165, 1.54) is 28.1 Å². The molecule has 0 spiro atoms. The molecule has 0 unspecified atom stereocenters. The lowest BCUT2D eigenvalue weighted by Crippen LogP contribution is -2.33. The van der Waals surface area contributed by atoms with Crippen LogP contribution >= 0.6 is 0 Å². The molecule has 0 radical (unpaired) electrons. The van der Waals surface area contributed by atoms with Crippen molar-refractivity contribution in [3.8, 4) is 0 Å². The molecule has 0 heterocycles. The number of sulfonamides is 1. The molecule has 2 aromatic carbocycles. The van der Waals surface area contributed by atoms with Crippen LogP contribution in [0.15, 0.2) is 36.4 Å². The highest BCUT2D eigenvalue weighted by Crippen LogP contribution is 2.26. The average Bonchev–Trinajstić information content (AvgIpc) is 3.14. The molecule has 0 aromatic heterocycles. The summed E-state index contributed by atoms with van der Waals surface area (Å²) >= 11 is 0. The highest BCUT2D eigenvalue weighted by molar-refractivity contribution is 7.92. The van der Waals surface area contributed by atoms with E-state index >= 15 is 0 Å². The molecule has 5 nitrogen and oxygen atoms in total. The summed E-state index contributed by atoms with van der Waals surface area (Å²) in [5.41, 5.74) is 6.53. The fourth-order valence-corrected chi connectivity index (χ4v) is 5.11. The Morgan fingerprint density at radius 3 is 2.57 bits per heavy atom. The second kappa shape index (κ2) is 9.21. The maximum atomic E-state index is 12.5. The second-order valence-corrected chi connectivity index (χ2v) is 10.3. The van der Waals surface area contributed by atoms with Gasteiger partial charge in [0.05, 0.1) is 18.0 Å². The minimum Gasteiger partial charge on any atom is -0.350 e. The zero-order valence-corrected chi connectivity index (χ0v) is 19.2. The third kappa shape index (κ3) is 5.42. The van der Waals surface area contributed by atoms with E-state index in [2.05, 4.69) is 23.5 Å². The van der Waals surface area contributed by atoms with Gasteiger partial charge >= 0.3 is 0 Å². The monoisotopic (exact) mass is 428 g/mol. The van der Waals surface area contributed by atoms with Crippen LogP contribution in [0, 0.1) is 13.8 Å². The summed E-state index contributed by atoms with van der Waals surface area (Å²) in [6.07, 6.45) is 5.42. The normalized spacial score (nSPS) is 14.3. The number of nitrogens with one attached hydrogen (secondary N) is 1. The SMILES string of the molecule is Cc1ccc(C)c(N(CCCC(=O)N[C@H](C)c2ccc3c(c2)CCC3)S(C)(=O)=O)c1. The van der Waals surface area contributed by atoms with Crippen LogP contribution in [0.2, 0.25) is 0 Å². The van der Waals surface area contributed by atoms with Crippen molar-refractivity contribution in [1.82, 2.24) is 5.32 Å². The molecule has 0 fully saturated rings. The standard InChI is InChI=1S/C24H32N2O3S/c1-17-10-11-18(2)23(15-17)26(30(4,28)29)14-6-9-24(27)25-19(3)21-13-12-20-7-5-8-22(20)16-21/h10-13,15-16,19H,5-9,14H2,1-4H3,(H,25,27)/t19-/m1/s1. The van der Waals surface area contributed by atoms with Gasteiger partial charge in [-0.25, -0.2) is 8.42 Å². The van der Waals surface area contributed by atoms with Gasteiger partial charge < -0.3 is 5.32 Å². The lowest BCUT2D eigenvalue weighted by molar-refractivity contribution is -0.121. The molecule has 30 heavy (non-hydrogen) atoms. The summed E-state index contributed by atoms with van der Waals surface area (Å²) < 4.78 is 26.1. The molecule has 0 saturated carbocycles. The molecule has 1 amide bonds. The average molecular weight is 429 g/mol. The molecule has 162 valence electrons. The Bertz CT molecular complexity index is 1030. The third-order valence-electron chi connectivity index (χ3n) is 5.80. The van der Waals surface area contributed by atoms with Gasteiger partial charge in [0.25, 0.3) is 0 Å². The minimum atomic E-state index is -3.43. The lowest BCUT2D eigenvalue weighted by Gasteiger charge is -2.24. The molecule has 1 aliphatic rings. The Kier molecular flexibility index (Phi) is 6.86. The number of hydrogen-bond acceptors (Lipinski definition) is 3. The molecule has 3 rings (SSSR count). The van der Waals surface area contributed by atoms with E-state index in [0.29, 0.717) is 12.1 Å². The van der Waals surface area contributed by atoms with Crippen molar-refractivity contribution in [2.45, 2.75) is 58.9 Å². The quantitative estimate of drug-likeness (QED) is 0.685. The van der Waals surface area contributed by atoms with Crippen LogP contribution in [-0.4, -0.2) is 27.1 Å². The van der Waals surface area contributed by atoms with Gasteiger partial charge in [-0.05, 0) is 80.3 Å². The minimum absolute atomic E-state index is 0.0580. The van der Waals surface area contributed by atoms with Gasteiger partial charge in [0.2, 0.25) is 15.9 Å². The summed E-state index contributed by atoms with van der Waals surface area (Å²) in [6, 6.07) is 12.2. The molecule has 1 N–H and O–H groups in total. The molecule has 1 aliphatic carbocycles. The first-order chi connectivity index (χ1) is 14.1. The van der Waals surface area contributed by atoms with Crippen LogP contribution in [0.4, 0.5) is 5.69 Å². The van der Waals surface area contributed by atoms with Gasteiger partial charge in [0.15, 0.2) is 0 Å². The molecular formula is C24H32N2O3S. The third-order valence-corrected chi connectivity index (χ3v) is 6.98. The van der Waals surface area contributed by atoms with Gasteiger partial charge in [0.1, 0.15) is 0 Å². The number of carbonyl (C=O) groups excluding carboxylic acids is 1. The van der Waals surface area contributed by atoms with Crippen molar-refractivity contribution in [2.75, 3.05) is 17.1 Å². The van der Waals surface area contributed by atoms with Crippen molar-refractivity contribution in [2.24, 2.45) is 0 Å². The fourth-order valence-electron chi connectivity index (χ4n) is 4.09. The van der Waals surface area contributed by atoms with E-state index in [1.807, 2.05) is 39.0 Å². The maximum absolute atomic E-state index is 12.5. The Morgan fingerprint density at radius 1 is 1.10 bits per heavy atom. The highest BCUT2D eigenvalue weighted by atomic mass is 32.2. The molecule has 6 heteroatoms. The van der Waals surface area contributed by atoms with Crippen LogP contribution in [0.3, 0.4) is 0 Å². The van der Waals surface area contributed by atoms with E-state index in [9.17, 15) is 13.2 Å². The molecular weight excluding hydrogens is 396 g/mol. The first-order valence-electron chi connectivity index (χ1n) is 10.6. The summed E-state index contributed by atoms with van der Waals surface area (Å²) in [5, 5.41) is 3.05. The Labute approximate surface area is 180 Å². The van der Waals surface area contributed by atoms with Crippen LogP contribution in [0.1, 0.15) is 60.0 Å². The number of carbonyl (C=O) groups is 1. The van der Waals surface area contributed by atoms with E-state index < -0.39 is 10.0 Å². The first kappa shape index (κ1) is 22.3. The van der Waals surface area contributed by atoms with Crippen LogP contribution in [-0.2, 0) is 27.7 Å². The van der Waals surface area contributed by atoms with E-state index in [1.54, 1.807) is 0 Å². The number of aryl methyl sites for hydroxylation is 4. The van der Waals surface area contributed by atoms with E-state index in [-0.39, 0.29) is 24.9 Å². The summed E-state index contributed by atoms with van der Waals surface area (Å²) in [5.74, 6) is -0.0580. The number of nitrogens with zero attached hydrogens (tertiary/aromatic N) is 1. The Hall–Kier alpha value is -2.34. The predicted molar refractivity (Wildman–Crippen MR) is 122 cm³/mol. The van der Waals surface area contributed by atoms with E-state index in [4.69, 9.17) is 0 Å². The highest BCUT2D eigenvalue weighted by Gasteiger charge is 2.20. The largest absolute Gasteiger partial charge is 0.350 e. The molecule has 2 aromatic rings. The zero-order chi connectivity index (χ0) is 21.9. The predicted octanol–water partition coefficient (Wildman–Crippen LogP) is 4.22. The van der Waals surface area contributed by atoms with Crippen LogP contribution in [0.25, 0.3) is 0 Å². The smallest absolute Gasteiger partial charge is 0.232 e. The Morgan fingerprint density at radius 2 is 1.83 bits per heavy atom. The zero-order valence-electron chi connectivity index (χ0n) is 18.4.